The number of carboxylic acids is 1. The highest BCUT2D eigenvalue weighted by molar-refractivity contribution is 5.94. The lowest BCUT2D eigenvalue weighted by atomic mass is 10.1. The lowest BCUT2D eigenvalue weighted by molar-refractivity contribution is -0.141. The molecule has 0 spiro atoms. The molecule has 96 valence electrons. The van der Waals surface area contributed by atoms with Crippen molar-refractivity contribution >= 4 is 18.0 Å². The lowest BCUT2D eigenvalue weighted by Gasteiger charge is -2.02. The summed E-state index contributed by atoms with van der Waals surface area (Å²) < 4.78 is 9.64. The molecule has 0 saturated heterocycles. The number of furan rings is 1. The first kappa shape index (κ1) is 13.8. The summed E-state index contributed by atoms with van der Waals surface area (Å²) in [5.74, 6) is -1.11. The number of allylic oxidation sites excluding steroid dienone is 2. The summed E-state index contributed by atoms with van der Waals surface area (Å²) >= 11 is 0. The van der Waals surface area contributed by atoms with E-state index in [1.165, 1.54) is 19.4 Å². The summed E-state index contributed by atoms with van der Waals surface area (Å²) in [6.45, 7) is 1.74. The second-order valence-electron chi connectivity index (χ2n) is 3.64. The topological polar surface area (TPSA) is 76.7 Å². The summed E-state index contributed by atoms with van der Waals surface area (Å²) in [4.78, 5) is 22.0. The molecule has 0 bridgehead atoms. The number of aliphatic carboxylic acids is 1. The zero-order valence-electron chi connectivity index (χ0n) is 10.2. The Bertz CT molecular complexity index is 479. The van der Waals surface area contributed by atoms with Gasteiger partial charge in [0.1, 0.15) is 5.76 Å². The normalized spacial score (nSPS) is 12.3. The van der Waals surface area contributed by atoms with Crippen LogP contribution in [0.5, 0.6) is 0 Å². The SMILES string of the molecule is COC(=O)/C(=C/C(C)=C/c1ccco1)CC(=O)O. The lowest BCUT2D eigenvalue weighted by Crippen LogP contribution is -2.09. The van der Waals surface area contributed by atoms with E-state index < -0.39 is 11.9 Å². The largest absolute Gasteiger partial charge is 0.481 e. The van der Waals surface area contributed by atoms with Crippen LogP contribution >= 0.6 is 0 Å². The molecule has 1 N–H and O–H groups in total. The highest BCUT2D eigenvalue weighted by Crippen LogP contribution is 2.12. The number of ether oxygens (including phenoxy) is 1. The Morgan fingerprint density at radius 3 is 2.72 bits per heavy atom. The summed E-state index contributed by atoms with van der Waals surface area (Å²) in [6, 6.07) is 3.49. The molecule has 5 nitrogen and oxygen atoms in total. The number of carbonyl (C=O) groups excluding carboxylic acids is 1. The molecule has 1 heterocycles. The third-order valence-electron chi connectivity index (χ3n) is 2.10. The van der Waals surface area contributed by atoms with Crippen LogP contribution in [-0.2, 0) is 14.3 Å². The fraction of sp³-hybridized carbons (Fsp3) is 0.231. The Morgan fingerprint density at radius 1 is 1.50 bits per heavy atom. The molecule has 1 aromatic heterocycles. The van der Waals surface area contributed by atoms with Crippen molar-refractivity contribution in [2.24, 2.45) is 0 Å². The predicted octanol–water partition coefficient (Wildman–Crippen LogP) is 2.26. The molecule has 0 amide bonds. The monoisotopic (exact) mass is 250 g/mol. The summed E-state index contributed by atoms with van der Waals surface area (Å²) in [6.07, 6.45) is 4.32. The second-order valence-corrected chi connectivity index (χ2v) is 3.64. The van der Waals surface area contributed by atoms with Gasteiger partial charge in [-0.3, -0.25) is 4.79 Å². The molecule has 1 aromatic rings. The molecule has 18 heavy (non-hydrogen) atoms. The van der Waals surface area contributed by atoms with Crippen molar-refractivity contribution in [2.75, 3.05) is 7.11 Å². The van der Waals surface area contributed by atoms with Crippen molar-refractivity contribution in [1.82, 2.24) is 0 Å². The fourth-order valence-electron chi connectivity index (χ4n) is 1.39. The number of methoxy groups -OCH3 is 1. The molecule has 5 heteroatoms. The van der Waals surface area contributed by atoms with E-state index in [2.05, 4.69) is 4.74 Å². The molecule has 0 aliphatic rings. The molecule has 0 fully saturated rings. The molecule has 0 aliphatic heterocycles. The Hall–Kier alpha value is -2.30. The minimum absolute atomic E-state index is 0.0882. The molecular formula is C13H14O5. The van der Waals surface area contributed by atoms with Gasteiger partial charge in [-0.25, -0.2) is 4.79 Å². The Labute approximate surface area is 104 Å². The van der Waals surface area contributed by atoms with Crippen LogP contribution in [-0.4, -0.2) is 24.2 Å². The molecule has 0 aliphatic carbocycles. The van der Waals surface area contributed by atoms with Crippen molar-refractivity contribution in [1.29, 1.82) is 0 Å². The van der Waals surface area contributed by atoms with Gasteiger partial charge in [-0.2, -0.15) is 0 Å². The van der Waals surface area contributed by atoms with Gasteiger partial charge in [0.05, 0.1) is 19.8 Å². The average molecular weight is 250 g/mol. The number of hydrogen-bond donors (Lipinski definition) is 1. The standard InChI is InChI=1S/C13H14O5/c1-9(7-11-4-3-5-18-11)6-10(8-12(14)15)13(16)17-2/h3-7H,8H2,1-2H3,(H,14,15)/b9-7+,10-6+. The van der Waals surface area contributed by atoms with Gasteiger partial charge in [-0.1, -0.05) is 0 Å². The second kappa shape index (κ2) is 6.44. The van der Waals surface area contributed by atoms with Crippen LogP contribution < -0.4 is 0 Å². The Kier molecular flexibility index (Phi) is 4.92. The van der Waals surface area contributed by atoms with Crippen molar-refractivity contribution in [3.05, 3.63) is 41.4 Å². The first-order valence-electron chi connectivity index (χ1n) is 5.25. The molecule has 0 atom stereocenters. The minimum Gasteiger partial charge on any atom is -0.481 e. The quantitative estimate of drug-likeness (QED) is 0.492. The first-order valence-corrected chi connectivity index (χ1v) is 5.25. The van der Waals surface area contributed by atoms with Crippen LogP contribution in [0.15, 0.2) is 40.0 Å². The zero-order valence-corrected chi connectivity index (χ0v) is 10.2. The van der Waals surface area contributed by atoms with E-state index in [-0.39, 0.29) is 12.0 Å². The molecule has 0 radical (unpaired) electrons. The van der Waals surface area contributed by atoms with Gasteiger partial charge in [0.15, 0.2) is 0 Å². The van der Waals surface area contributed by atoms with E-state index >= 15 is 0 Å². The van der Waals surface area contributed by atoms with Gasteiger partial charge in [0.2, 0.25) is 0 Å². The maximum Gasteiger partial charge on any atom is 0.334 e. The molecule has 0 saturated carbocycles. The van der Waals surface area contributed by atoms with Gasteiger partial charge in [-0.15, -0.1) is 0 Å². The number of carboxylic acid groups (broad SMARTS) is 1. The third-order valence-corrected chi connectivity index (χ3v) is 2.10. The highest BCUT2D eigenvalue weighted by Gasteiger charge is 2.13. The Balaban J connectivity index is 2.93. The van der Waals surface area contributed by atoms with E-state index in [9.17, 15) is 9.59 Å². The van der Waals surface area contributed by atoms with E-state index in [4.69, 9.17) is 9.52 Å². The van der Waals surface area contributed by atoms with Crippen molar-refractivity contribution in [3.63, 3.8) is 0 Å². The van der Waals surface area contributed by atoms with Crippen LogP contribution in [0.25, 0.3) is 6.08 Å². The number of rotatable bonds is 5. The summed E-state index contributed by atoms with van der Waals surface area (Å²) in [5.41, 5.74) is 0.789. The van der Waals surface area contributed by atoms with E-state index in [1.807, 2.05) is 0 Å². The molecule has 1 rings (SSSR count). The van der Waals surface area contributed by atoms with E-state index in [0.717, 1.165) is 0 Å². The van der Waals surface area contributed by atoms with E-state index in [0.29, 0.717) is 11.3 Å². The summed E-state index contributed by atoms with van der Waals surface area (Å²) in [5, 5.41) is 8.71. The predicted molar refractivity (Wildman–Crippen MR) is 64.7 cm³/mol. The van der Waals surface area contributed by atoms with Crippen LogP contribution in [0.1, 0.15) is 19.1 Å². The van der Waals surface area contributed by atoms with Crippen LogP contribution in [0.4, 0.5) is 0 Å². The third kappa shape index (κ3) is 4.29. The van der Waals surface area contributed by atoms with Gasteiger partial charge in [0.25, 0.3) is 0 Å². The number of esters is 1. The highest BCUT2D eigenvalue weighted by atomic mass is 16.5. The zero-order chi connectivity index (χ0) is 13.5. The maximum absolute atomic E-state index is 11.4. The smallest absolute Gasteiger partial charge is 0.334 e. The average Bonchev–Trinajstić information content (AvgIpc) is 2.79. The molecular weight excluding hydrogens is 236 g/mol. The van der Waals surface area contributed by atoms with Crippen molar-refractivity contribution < 1.29 is 23.8 Å². The van der Waals surface area contributed by atoms with Gasteiger partial charge >= 0.3 is 11.9 Å². The number of hydrogen-bond acceptors (Lipinski definition) is 4. The van der Waals surface area contributed by atoms with Gasteiger partial charge in [0, 0.05) is 5.57 Å². The fourth-order valence-corrected chi connectivity index (χ4v) is 1.39. The van der Waals surface area contributed by atoms with Crippen LogP contribution in [0, 0.1) is 0 Å². The van der Waals surface area contributed by atoms with Gasteiger partial charge < -0.3 is 14.3 Å². The first-order chi connectivity index (χ1) is 8.52. The van der Waals surface area contributed by atoms with Crippen LogP contribution in [0.2, 0.25) is 0 Å². The summed E-state index contributed by atoms with van der Waals surface area (Å²) in [7, 11) is 1.21. The van der Waals surface area contributed by atoms with Crippen molar-refractivity contribution in [3.8, 4) is 0 Å². The van der Waals surface area contributed by atoms with Crippen molar-refractivity contribution in [2.45, 2.75) is 13.3 Å². The van der Waals surface area contributed by atoms with Crippen LogP contribution in [0.3, 0.4) is 0 Å². The molecule has 0 unspecified atom stereocenters. The van der Waals surface area contributed by atoms with E-state index in [1.54, 1.807) is 25.1 Å². The number of carbonyl (C=O) groups is 2. The minimum atomic E-state index is -1.09. The molecule has 0 aromatic carbocycles. The van der Waals surface area contributed by atoms with Gasteiger partial charge in [-0.05, 0) is 36.8 Å². The Morgan fingerprint density at radius 2 is 2.22 bits per heavy atom. The maximum atomic E-state index is 11.4.